The first kappa shape index (κ1) is 19.9. The standard InChI is InChI=1S/C21H27FN2O2/c1-4-17(20(25)26-5-2)15-23-16(3)24-21(12-7-6-8-13-21)18-10-9-11-19(22)14-18/h4,9-11,14-15,24H,3,5-8,12-13H2,1-2H3/b17-4+,23-15-. The Hall–Kier alpha value is -2.43. The highest BCUT2D eigenvalue weighted by Gasteiger charge is 2.34. The molecule has 0 aromatic heterocycles. The molecule has 1 aliphatic rings. The quantitative estimate of drug-likeness (QED) is 0.439. The predicted molar refractivity (Wildman–Crippen MR) is 102 cm³/mol. The highest BCUT2D eigenvalue weighted by Crippen LogP contribution is 2.38. The van der Waals surface area contributed by atoms with Crippen LogP contribution in [0.2, 0.25) is 0 Å². The second-order valence-corrected chi connectivity index (χ2v) is 6.45. The molecule has 0 heterocycles. The van der Waals surface area contributed by atoms with Crippen LogP contribution in [0.1, 0.15) is 51.5 Å². The molecule has 0 spiro atoms. The van der Waals surface area contributed by atoms with Gasteiger partial charge in [-0.1, -0.05) is 44.1 Å². The molecule has 1 saturated carbocycles. The molecule has 0 aliphatic heterocycles. The Morgan fingerprint density at radius 2 is 2.12 bits per heavy atom. The fourth-order valence-corrected chi connectivity index (χ4v) is 3.34. The van der Waals surface area contributed by atoms with Gasteiger partial charge in [0.2, 0.25) is 0 Å². The minimum Gasteiger partial charge on any atom is -0.462 e. The molecular weight excluding hydrogens is 331 g/mol. The van der Waals surface area contributed by atoms with Crippen LogP contribution in [0.3, 0.4) is 0 Å². The average Bonchev–Trinajstić information content (AvgIpc) is 2.63. The summed E-state index contributed by atoms with van der Waals surface area (Å²) in [6.07, 6.45) is 8.17. The first-order valence-electron chi connectivity index (χ1n) is 9.11. The van der Waals surface area contributed by atoms with E-state index in [1.165, 1.54) is 18.7 Å². The van der Waals surface area contributed by atoms with Gasteiger partial charge in [0.15, 0.2) is 0 Å². The molecule has 1 aromatic rings. The smallest absolute Gasteiger partial charge is 0.339 e. The Labute approximate surface area is 154 Å². The van der Waals surface area contributed by atoms with Gasteiger partial charge < -0.3 is 10.1 Å². The lowest BCUT2D eigenvalue weighted by molar-refractivity contribution is -0.137. The van der Waals surface area contributed by atoms with Gasteiger partial charge in [-0.25, -0.2) is 14.2 Å². The highest BCUT2D eigenvalue weighted by molar-refractivity contribution is 6.09. The molecule has 0 atom stereocenters. The van der Waals surface area contributed by atoms with Gasteiger partial charge in [-0.15, -0.1) is 0 Å². The lowest BCUT2D eigenvalue weighted by atomic mass is 9.76. The van der Waals surface area contributed by atoms with Gasteiger partial charge in [0.25, 0.3) is 0 Å². The first-order chi connectivity index (χ1) is 12.5. The fourth-order valence-electron chi connectivity index (χ4n) is 3.34. The second kappa shape index (κ2) is 9.32. The van der Waals surface area contributed by atoms with Crippen LogP contribution in [-0.4, -0.2) is 18.8 Å². The third-order valence-electron chi connectivity index (χ3n) is 4.65. The van der Waals surface area contributed by atoms with Crippen molar-refractivity contribution in [2.75, 3.05) is 6.61 Å². The molecule has 1 aromatic carbocycles. The van der Waals surface area contributed by atoms with Crippen molar-refractivity contribution in [3.05, 3.63) is 59.7 Å². The van der Waals surface area contributed by atoms with E-state index in [1.807, 2.05) is 6.07 Å². The zero-order valence-corrected chi connectivity index (χ0v) is 15.6. The molecule has 26 heavy (non-hydrogen) atoms. The van der Waals surface area contributed by atoms with Gasteiger partial charge in [-0.3, -0.25) is 0 Å². The number of ether oxygens (including phenoxy) is 1. The minimum absolute atomic E-state index is 0.248. The number of carbonyl (C=O) groups is 1. The van der Waals surface area contributed by atoms with Crippen LogP contribution < -0.4 is 5.32 Å². The summed E-state index contributed by atoms with van der Waals surface area (Å²) in [5.41, 5.74) is 0.901. The Bertz CT molecular complexity index is 704. The fraction of sp³-hybridized carbons (Fsp3) is 0.429. The van der Waals surface area contributed by atoms with Crippen molar-refractivity contribution in [2.45, 2.75) is 51.5 Å². The van der Waals surface area contributed by atoms with E-state index in [-0.39, 0.29) is 11.4 Å². The van der Waals surface area contributed by atoms with E-state index >= 15 is 0 Å². The van der Waals surface area contributed by atoms with Crippen molar-refractivity contribution in [3.63, 3.8) is 0 Å². The molecule has 0 saturated heterocycles. The van der Waals surface area contributed by atoms with Gasteiger partial charge in [-0.05, 0) is 44.4 Å². The van der Waals surface area contributed by atoms with Crippen molar-refractivity contribution in [2.24, 2.45) is 4.99 Å². The van der Waals surface area contributed by atoms with Crippen molar-refractivity contribution >= 4 is 12.2 Å². The molecule has 1 fully saturated rings. The van der Waals surface area contributed by atoms with Crippen molar-refractivity contribution < 1.29 is 13.9 Å². The van der Waals surface area contributed by atoms with E-state index in [9.17, 15) is 9.18 Å². The van der Waals surface area contributed by atoms with Crippen LogP contribution in [0.15, 0.2) is 53.3 Å². The summed E-state index contributed by atoms with van der Waals surface area (Å²) >= 11 is 0. The summed E-state index contributed by atoms with van der Waals surface area (Å²) < 4.78 is 18.7. The number of nitrogens with zero attached hydrogens (tertiary/aromatic N) is 1. The number of rotatable bonds is 7. The monoisotopic (exact) mass is 358 g/mol. The summed E-state index contributed by atoms with van der Waals surface area (Å²) in [6.45, 7) is 7.79. The summed E-state index contributed by atoms with van der Waals surface area (Å²) in [5, 5.41) is 3.39. The third kappa shape index (κ3) is 5.04. The molecule has 0 amide bonds. The maximum absolute atomic E-state index is 13.8. The van der Waals surface area contributed by atoms with Gasteiger partial charge >= 0.3 is 5.97 Å². The summed E-state index contributed by atoms with van der Waals surface area (Å²) in [5.74, 6) is -0.217. The van der Waals surface area contributed by atoms with Gasteiger partial charge in [-0.2, -0.15) is 0 Å². The first-order valence-corrected chi connectivity index (χ1v) is 9.11. The maximum atomic E-state index is 13.8. The molecule has 0 unspecified atom stereocenters. The maximum Gasteiger partial charge on any atom is 0.339 e. The average molecular weight is 358 g/mol. The van der Waals surface area contributed by atoms with E-state index in [0.29, 0.717) is 18.0 Å². The van der Waals surface area contributed by atoms with Crippen LogP contribution in [0.4, 0.5) is 4.39 Å². The number of allylic oxidation sites excluding steroid dienone is 1. The topological polar surface area (TPSA) is 50.7 Å². The van der Waals surface area contributed by atoms with E-state index < -0.39 is 5.97 Å². The van der Waals surface area contributed by atoms with Gasteiger partial charge in [0.05, 0.1) is 17.7 Å². The normalized spacial score (nSPS) is 17.1. The Kier molecular flexibility index (Phi) is 7.13. The number of halogens is 1. The van der Waals surface area contributed by atoms with E-state index in [4.69, 9.17) is 4.74 Å². The van der Waals surface area contributed by atoms with Gasteiger partial charge in [0.1, 0.15) is 11.6 Å². The summed E-state index contributed by atoms with van der Waals surface area (Å²) in [6, 6.07) is 6.69. The lowest BCUT2D eigenvalue weighted by Gasteiger charge is -2.39. The minimum atomic E-state index is -0.413. The largest absolute Gasteiger partial charge is 0.462 e. The number of hydrogen-bond donors (Lipinski definition) is 1. The number of aliphatic imine (C=N–C) groups is 1. The highest BCUT2D eigenvalue weighted by atomic mass is 19.1. The second-order valence-electron chi connectivity index (χ2n) is 6.45. The van der Waals surface area contributed by atoms with Gasteiger partial charge in [0, 0.05) is 6.21 Å². The zero-order chi connectivity index (χ0) is 19.0. The Morgan fingerprint density at radius 3 is 2.73 bits per heavy atom. The number of nitrogens with one attached hydrogen (secondary N) is 1. The Balaban J connectivity index is 2.17. The number of esters is 1. The number of hydrogen-bond acceptors (Lipinski definition) is 4. The SMILES string of the molecule is C=C(/N=C\C(=C/C)C(=O)OCC)NC1(c2cccc(F)c2)CCCCC1. The van der Waals surface area contributed by atoms with Crippen LogP contribution in [-0.2, 0) is 15.1 Å². The molecular formula is C21H27FN2O2. The molecule has 2 rings (SSSR count). The van der Waals surface area contributed by atoms with Crippen LogP contribution in [0.25, 0.3) is 0 Å². The van der Waals surface area contributed by atoms with Crippen LogP contribution in [0.5, 0.6) is 0 Å². The summed E-state index contributed by atoms with van der Waals surface area (Å²) in [4.78, 5) is 16.1. The molecule has 5 heteroatoms. The number of carbonyl (C=O) groups excluding carboxylic acids is 1. The van der Waals surface area contributed by atoms with Crippen LogP contribution >= 0.6 is 0 Å². The van der Waals surface area contributed by atoms with Crippen molar-refractivity contribution in [3.8, 4) is 0 Å². The molecule has 0 radical (unpaired) electrons. The molecule has 1 aliphatic carbocycles. The third-order valence-corrected chi connectivity index (χ3v) is 4.65. The van der Waals surface area contributed by atoms with E-state index in [0.717, 1.165) is 31.2 Å². The van der Waals surface area contributed by atoms with E-state index in [2.05, 4.69) is 16.9 Å². The number of benzene rings is 1. The predicted octanol–water partition coefficient (Wildman–Crippen LogP) is 4.63. The molecule has 0 bridgehead atoms. The molecule has 4 nitrogen and oxygen atoms in total. The Morgan fingerprint density at radius 1 is 1.38 bits per heavy atom. The van der Waals surface area contributed by atoms with Crippen molar-refractivity contribution in [1.29, 1.82) is 0 Å². The molecule has 140 valence electrons. The molecule has 1 N–H and O–H groups in total. The van der Waals surface area contributed by atoms with Crippen molar-refractivity contribution in [1.82, 2.24) is 5.32 Å². The zero-order valence-electron chi connectivity index (χ0n) is 15.6. The lowest BCUT2D eigenvalue weighted by Crippen LogP contribution is -2.43. The van der Waals surface area contributed by atoms with Crippen LogP contribution in [0, 0.1) is 5.82 Å². The summed E-state index contributed by atoms with van der Waals surface area (Å²) in [7, 11) is 0. The van der Waals surface area contributed by atoms with E-state index in [1.54, 1.807) is 32.1 Å².